The minimum atomic E-state index is 0.0124. The van der Waals surface area contributed by atoms with Gasteiger partial charge in [0.2, 0.25) is 5.91 Å². The summed E-state index contributed by atoms with van der Waals surface area (Å²) in [4.78, 5) is 11.4. The lowest BCUT2D eigenvalue weighted by Gasteiger charge is -2.19. The molecule has 3 nitrogen and oxygen atoms in total. The van der Waals surface area contributed by atoms with Crippen molar-refractivity contribution >= 4 is 5.91 Å². The summed E-state index contributed by atoms with van der Waals surface area (Å²) < 4.78 is 0. The van der Waals surface area contributed by atoms with Gasteiger partial charge in [0.25, 0.3) is 0 Å². The molecule has 2 N–H and O–H groups in total. The number of hydrogen-bond donors (Lipinski definition) is 2. The molecule has 0 aromatic heterocycles. The molecule has 0 aliphatic rings. The van der Waals surface area contributed by atoms with E-state index in [1.807, 2.05) is 0 Å². The lowest BCUT2D eigenvalue weighted by Crippen LogP contribution is -2.43. The van der Waals surface area contributed by atoms with E-state index in [1.54, 1.807) is 0 Å². The van der Waals surface area contributed by atoms with Crippen molar-refractivity contribution in [1.29, 1.82) is 0 Å². The van der Waals surface area contributed by atoms with Gasteiger partial charge in [0.15, 0.2) is 0 Å². The SMILES string of the molecule is CCCCCCCNC(=O)CNC(C)(C)C. The van der Waals surface area contributed by atoms with E-state index < -0.39 is 0 Å². The molecule has 0 rings (SSSR count). The van der Waals surface area contributed by atoms with Crippen molar-refractivity contribution in [3.05, 3.63) is 0 Å². The first kappa shape index (κ1) is 15.4. The maximum absolute atomic E-state index is 11.4. The van der Waals surface area contributed by atoms with E-state index in [2.05, 4.69) is 38.3 Å². The summed E-state index contributed by atoms with van der Waals surface area (Å²) in [6, 6.07) is 0. The third-order valence-electron chi connectivity index (χ3n) is 2.38. The number of carbonyl (C=O) groups excluding carboxylic acids is 1. The number of unbranched alkanes of at least 4 members (excludes halogenated alkanes) is 4. The molecule has 0 bridgehead atoms. The lowest BCUT2D eigenvalue weighted by molar-refractivity contribution is -0.120. The molecule has 0 aliphatic carbocycles. The molecule has 0 saturated carbocycles. The van der Waals surface area contributed by atoms with Crippen LogP contribution < -0.4 is 10.6 Å². The zero-order valence-corrected chi connectivity index (χ0v) is 11.4. The van der Waals surface area contributed by atoms with Gasteiger partial charge < -0.3 is 10.6 Å². The third-order valence-corrected chi connectivity index (χ3v) is 2.38. The van der Waals surface area contributed by atoms with Gasteiger partial charge in [-0.2, -0.15) is 0 Å². The first-order valence-electron chi connectivity index (χ1n) is 6.47. The van der Waals surface area contributed by atoms with E-state index in [9.17, 15) is 4.79 Å². The molecule has 0 aromatic rings. The highest BCUT2D eigenvalue weighted by Crippen LogP contribution is 2.01. The summed E-state index contributed by atoms with van der Waals surface area (Å²) >= 11 is 0. The monoisotopic (exact) mass is 228 g/mol. The van der Waals surface area contributed by atoms with E-state index in [-0.39, 0.29) is 11.4 Å². The highest BCUT2D eigenvalue weighted by Gasteiger charge is 2.10. The van der Waals surface area contributed by atoms with Crippen molar-refractivity contribution in [1.82, 2.24) is 10.6 Å². The second-order valence-electron chi connectivity index (χ2n) is 5.37. The van der Waals surface area contributed by atoms with E-state index in [4.69, 9.17) is 0 Å². The molecule has 1 amide bonds. The standard InChI is InChI=1S/C13H28N2O/c1-5-6-7-8-9-10-14-12(16)11-15-13(2,3)4/h15H,5-11H2,1-4H3,(H,14,16). The van der Waals surface area contributed by atoms with Crippen molar-refractivity contribution < 1.29 is 4.79 Å². The van der Waals surface area contributed by atoms with Crippen LogP contribution in [0.5, 0.6) is 0 Å². The van der Waals surface area contributed by atoms with Crippen LogP contribution >= 0.6 is 0 Å². The molecule has 0 atom stereocenters. The first-order chi connectivity index (χ1) is 7.45. The van der Waals surface area contributed by atoms with Crippen LogP contribution in [0.15, 0.2) is 0 Å². The Balaban J connectivity index is 3.31. The summed E-state index contributed by atoms with van der Waals surface area (Å²) in [6.07, 6.45) is 6.18. The Hall–Kier alpha value is -0.570. The van der Waals surface area contributed by atoms with E-state index >= 15 is 0 Å². The molecule has 0 heterocycles. The van der Waals surface area contributed by atoms with Crippen LogP contribution in [0.4, 0.5) is 0 Å². The fourth-order valence-corrected chi connectivity index (χ4v) is 1.36. The Morgan fingerprint density at radius 2 is 1.69 bits per heavy atom. The van der Waals surface area contributed by atoms with Crippen LogP contribution in [-0.2, 0) is 4.79 Å². The average molecular weight is 228 g/mol. The molecule has 3 heteroatoms. The van der Waals surface area contributed by atoms with Crippen molar-refractivity contribution in [2.75, 3.05) is 13.1 Å². The van der Waals surface area contributed by atoms with E-state index in [1.165, 1.54) is 25.7 Å². The Bertz CT molecular complexity index is 185. The number of hydrogen-bond acceptors (Lipinski definition) is 2. The maximum Gasteiger partial charge on any atom is 0.233 e. The average Bonchev–Trinajstić information content (AvgIpc) is 2.19. The molecule has 0 radical (unpaired) electrons. The highest BCUT2D eigenvalue weighted by atomic mass is 16.1. The van der Waals surface area contributed by atoms with Crippen LogP contribution in [0.3, 0.4) is 0 Å². The number of amides is 1. The Morgan fingerprint density at radius 3 is 2.25 bits per heavy atom. The third kappa shape index (κ3) is 11.5. The maximum atomic E-state index is 11.4. The largest absolute Gasteiger partial charge is 0.355 e. The quantitative estimate of drug-likeness (QED) is 0.627. The van der Waals surface area contributed by atoms with Crippen molar-refractivity contribution in [3.63, 3.8) is 0 Å². The number of nitrogens with one attached hydrogen (secondary N) is 2. The fraction of sp³-hybridized carbons (Fsp3) is 0.923. The minimum absolute atomic E-state index is 0.0124. The van der Waals surface area contributed by atoms with E-state index in [0.717, 1.165) is 13.0 Å². The molecule has 96 valence electrons. The van der Waals surface area contributed by atoms with Gasteiger partial charge in [-0.1, -0.05) is 32.6 Å². The van der Waals surface area contributed by atoms with Gasteiger partial charge in [0, 0.05) is 12.1 Å². The fourth-order valence-electron chi connectivity index (χ4n) is 1.36. The Kier molecular flexibility index (Phi) is 8.26. The van der Waals surface area contributed by atoms with Crippen LogP contribution in [0, 0.1) is 0 Å². The van der Waals surface area contributed by atoms with Crippen LogP contribution in [-0.4, -0.2) is 24.5 Å². The summed E-state index contributed by atoms with van der Waals surface area (Å²) in [5.41, 5.74) is 0.0124. The van der Waals surface area contributed by atoms with Gasteiger partial charge in [0.05, 0.1) is 6.54 Å². The van der Waals surface area contributed by atoms with Crippen LogP contribution in [0.25, 0.3) is 0 Å². The van der Waals surface area contributed by atoms with Crippen molar-refractivity contribution in [3.8, 4) is 0 Å². The van der Waals surface area contributed by atoms with Gasteiger partial charge in [-0.3, -0.25) is 4.79 Å². The molecule has 0 saturated heterocycles. The van der Waals surface area contributed by atoms with Crippen molar-refractivity contribution in [2.24, 2.45) is 0 Å². The van der Waals surface area contributed by atoms with Gasteiger partial charge in [-0.05, 0) is 27.2 Å². The summed E-state index contributed by atoms with van der Waals surface area (Å²) in [5, 5.41) is 6.10. The summed E-state index contributed by atoms with van der Waals surface area (Å²) in [7, 11) is 0. The topological polar surface area (TPSA) is 41.1 Å². The van der Waals surface area contributed by atoms with E-state index in [0.29, 0.717) is 6.54 Å². The summed E-state index contributed by atoms with van der Waals surface area (Å²) in [6.45, 7) is 9.62. The number of carbonyl (C=O) groups is 1. The molecule has 0 aromatic carbocycles. The molecule has 0 aliphatic heterocycles. The first-order valence-corrected chi connectivity index (χ1v) is 6.47. The highest BCUT2D eigenvalue weighted by molar-refractivity contribution is 5.78. The molecule has 0 fully saturated rings. The van der Waals surface area contributed by atoms with Gasteiger partial charge in [-0.25, -0.2) is 0 Å². The zero-order chi connectivity index (χ0) is 12.4. The van der Waals surface area contributed by atoms with Gasteiger partial charge in [-0.15, -0.1) is 0 Å². The smallest absolute Gasteiger partial charge is 0.233 e. The van der Waals surface area contributed by atoms with Crippen molar-refractivity contribution in [2.45, 2.75) is 65.3 Å². The minimum Gasteiger partial charge on any atom is -0.355 e. The molecule has 16 heavy (non-hydrogen) atoms. The number of rotatable bonds is 8. The molecule has 0 spiro atoms. The second-order valence-corrected chi connectivity index (χ2v) is 5.37. The second kappa shape index (κ2) is 8.57. The molecular formula is C13H28N2O. The Labute approximate surface area is 100 Å². The Morgan fingerprint density at radius 1 is 1.06 bits per heavy atom. The predicted octanol–water partition coefficient (Wildman–Crippen LogP) is 2.46. The van der Waals surface area contributed by atoms with Gasteiger partial charge in [0.1, 0.15) is 0 Å². The molecular weight excluding hydrogens is 200 g/mol. The van der Waals surface area contributed by atoms with Gasteiger partial charge >= 0.3 is 0 Å². The summed E-state index contributed by atoms with van der Waals surface area (Å²) in [5.74, 6) is 0.102. The van der Waals surface area contributed by atoms with Crippen LogP contribution in [0.1, 0.15) is 59.8 Å². The normalized spacial score (nSPS) is 11.5. The molecule has 0 unspecified atom stereocenters. The zero-order valence-electron chi connectivity index (χ0n) is 11.4. The predicted molar refractivity (Wildman–Crippen MR) is 69.5 cm³/mol. The van der Waals surface area contributed by atoms with Crippen LogP contribution in [0.2, 0.25) is 0 Å². The lowest BCUT2D eigenvalue weighted by atomic mass is 10.1.